The highest BCUT2D eigenvalue weighted by Gasteiger charge is 2.25. The second kappa shape index (κ2) is 7.00. The van der Waals surface area contributed by atoms with Crippen LogP contribution < -0.4 is 14.2 Å². The van der Waals surface area contributed by atoms with Crippen LogP contribution in [-0.2, 0) is 13.0 Å². The van der Waals surface area contributed by atoms with Crippen molar-refractivity contribution in [2.45, 2.75) is 13.0 Å². The van der Waals surface area contributed by atoms with E-state index in [1.165, 1.54) is 11.1 Å². The number of methoxy groups -OCH3 is 3. The summed E-state index contributed by atoms with van der Waals surface area (Å²) in [5.74, 6) is 2.25. The minimum atomic E-state index is 0.695. The Morgan fingerprint density at radius 2 is 1.81 bits per heavy atom. The maximum atomic E-state index is 5.58. The van der Waals surface area contributed by atoms with Gasteiger partial charge in [0.15, 0.2) is 11.5 Å². The van der Waals surface area contributed by atoms with Gasteiger partial charge in [-0.1, -0.05) is 0 Å². The molecule has 0 N–H and O–H groups in total. The quantitative estimate of drug-likeness (QED) is 0.796. The number of likely N-dealkylation sites (N-methyl/N-ethyl adjacent to an activating group) is 1. The van der Waals surface area contributed by atoms with Crippen LogP contribution in [0.25, 0.3) is 0 Å². The maximum Gasteiger partial charge on any atom is 0.203 e. The van der Waals surface area contributed by atoms with Gasteiger partial charge in [-0.2, -0.15) is 0 Å². The molecule has 1 aromatic carbocycles. The molecular formula is C16H26N2O3. The van der Waals surface area contributed by atoms with Gasteiger partial charge in [0.2, 0.25) is 5.75 Å². The topological polar surface area (TPSA) is 34.2 Å². The SMILES string of the molecule is COc1cc2c(c(OC)c1OC)CCN(CCN(C)C)C2. The summed E-state index contributed by atoms with van der Waals surface area (Å²) < 4.78 is 16.5. The molecule has 0 spiro atoms. The monoisotopic (exact) mass is 294 g/mol. The van der Waals surface area contributed by atoms with E-state index in [1.54, 1.807) is 21.3 Å². The zero-order valence-electron chi connectivity index (χ0n) is 13.7. The molecule has 5 heteroatoms. The van der Waals surface area contributed by atoms with Crippen molar-refractivity contribution in [1.82, 2.24) is 9.80 Å². The summed E-state index contributed by atoms with van der Waals surface area (Å²) in [6.07, 6.45) is 0.978. The lowest BCUT2D eigenvalue weighted by Crippen LogP contribution is -2.36. The lowest BCUT2D eigenvalue weighted by atomic mass is 9.97. The van der Waals surface area contributed by atoms with E-state index in [-0.39, 0.29) is 0 Å². The second-order valence-electron chi connectivity index (χ2n) is 5.61. The van der Waals surface area contributed by atoms with Crippen molar-refractivity contribution in [3.63, 3.8) is 0 Å². The van der Waals surface area contributed by atoms with Crippen molar-refractivity contribution >= 4 is 0 Å². The van der Waals surface area contributed by atoms with Gasteiger partial charge >= 0.3 is 0 Å². The molecule has 0 atom stereocenters. The van der Waals surface area contributed by atoms with Gasteiger partial charge in [-0.25, -0.2) is 0 Å². The molecule has 0 aliphatic carbocycles. The second-order valence-corrected chi connectivity index (χ2v) is 5.61. The minimum Gasteiger partial charge on any atom is -0.493 e. The van der Waals surface area contributed by atoms with Crippen LogP contribution in [0.4, 0.5) is 0 Å². The molecule has 1 heterocycles. The van der Waals surface area contributed by atoms with Crippen LogP contribution in [0.5, 0.6) is 17.2 Å². The van der Waals surface area contributed by atoms with Crippen LogP contribution in [0.3, 0.4) is 0 Å². The third-order valence-corrected chi connectivity index (χ3v) is 3.96. The van der Waals surface area contributed by atoms with Gasteiger partial charge in [0.1, 0.15) is 0 Å². The van der Waals surface area contributed by atoms with Crippen LogP contribution in [0.1, 0.15) is 11.1 Å². The number of rotatable bonds is 6. The van der Waals surface area contributed by atoms with Gasteiger partial charge in [-0.3, -0.25) is 4.90 Å². The Morgan fingerprint density at radius 1 is 1.10 bits per heavy atom. The fourth-order valence-corrected chi connectivity index (χ4v) is 2.80. The first kappa shape index (κ1) is 15.9. The molecule has 0 bridgehead atoms. The Morgan fingerprint density at radius 3 is 2.38 bits per heavy atom. The van der Waals surface area contributed by atoms with Crippen LogP contribution >= 0.6 is 0 Å². The molecule has 1 aliphatic heterocycles. The third kappa shape index (κ3) is 3.41. The lowest BCUT2D eigenvalue weighted by molar-refractivity contribution is 0.221. The molecule has 0 amide bonds. The molecule has 21 heavy (non-hydrogen) atoms. The van der Waals surface area contributed by atoms with Crippen molar-refractivity contribution in [2.24, 2.45) is 0 Å². The first-order chi connectivity index (χ1) is 10.1. The Hall–Kier alpha value is -1.46. The predicted octanol–water partition coefficient (Wildman–Crippen LogP) is 1.63. The summed E-state index contributed by atoms with van der Waals surface area (Å²) in [4.78, 5) is 4.68. The first-order valence-electron chi connectivity index (χ1n) is 7.28. The molecule has 0 fully saturated rings. The summed E-state index contributed by atoms with van der Waals surface area (Å²) in [5.41, 5.74) is 2.52. The lowest BCUT2D eigenvalue weighted by Gasteiger charge is -2.31. The summed E-state index contributed by atoms with van der Waals surface area (Å²) >= 11 is 0. The number of benzene rings is 1. The number of hydrogen-bond donors (Lipinski definition) is 0. The fraction of sp³-hybridized carbons (Fsp3) is 0.625. The average molecular weight is 294 g/mol. The number of nitrogens with zero attached hydrogens (tertiary/aromatic N) is 2. The van der Waals surface area contributed by atoms with Gasteiger partial charge in [0, 0.05) is 31.7 Å². The van der Waals surface area contributed by atoms with Crippen LogP contribution in [-0.4, -0.2) is 64.9 Å². The number of hydrogen-bond acceptors (Lipinski definition) is 5. The standard InChI is InChI=1S/C16H26N2O3/c1-17(2)8-9-18-7-6-13-12(11-18)10-14(19-3)16(21-5)15(13)20-4/h10H,6-9,11H2,1-5H3. The Balaban J connectivity index is 2.27. The largest absolute Gasteiger partial charge is 0.493 e. The molecule has 1 aliphatic rings. The van der Waals surface area contributed by atoms with Crippen molar-refractivity contribution in [3.05, 3.63) is 17.2 Å². The molecule has 0 saturated heterocycles. The Bertz CT molecular complexity index is 489. The fourth-order valence-electron chi connectivity index (χ4n) is 2.80. The molecule has 2 rings (SSSR count). The highest BCUT2D eigenvalue weighted by Crippen LogP contribution is 2.43. The van der Waals surface area contributed by atoms with Crippen molar-refractivity contribution in [2.75, 3.05) is 55.1 Å². The van der Waals surface area contributed by atoms with E-state index in [2.05, 4.69) is 30.0 Å². The van der Waals surface area contributed by atoms with E-state index in [1.807, 2.05) is 0 Å². The molecule has 0 aromatic heterocycles. The average Bonchev–Trinajstić information content (AvgIpc) is 2.50. The van der Waals surface area contributed by atoms with Crippen LogP contribution in [0.15, 0.2) is 6.07 Å². The zero-order chi connectivity index (χ0) is 15.4. The molecule has 0 saturated carbocycles. The maximum absolute atomic E-state index is 5.58. The van der Waals surface area contributed by atoms with Crippen molar-refractivity contribution < 1.29 is 14.2 Å². The Labute approximate surface area is 127 Å². The molecule has 0 unspecified atom stereocenters. The van der Waals surface area contributed by atoms with Gasteiger partial charge in [-0.05, 0) is 32.1 Å². The van der Waals surface area contributed by atoms with Gasteiger partial charge < -0.3 is 19.1 Å². The van der Waals surface area contributed by atoms with E-state index in [0.29, 0.717) is 5.75 Å². The van der Waals surface area contributed by atoms with E-state index >= 15 is 0 Å². The zero-order valence-corrected chi connectivity index (χ0v) is 13.7. The van der Waals surface area contributed by atoms with E-state index in [4.69, 9.17) is 14.2 Å². The number of fused-ring (bicyclic) bond motifs is 1. The van der Waals surface area contributed by atoms with E-state index in [9.17, 15) is 0 Å². The molecule has 1 aromatic rings. The van der Waals surface area contributed by atoms with Gasteiger partial charge in [-0.15, -0.1) is 0 Å². The highest BCUT2D eigenvalue weighted by atomic mass is 16.5. The molecule has 118 valence electrons. The van der Waals surface area contributed by atoms with Crippen molar-refractivity contribution in [3.8, 4) is 17.2 Å². The van der Waals surface area contributed by atoms with E-state index < -0.39 is 0 Å². The summed E-state index contributed by atoms with van der Waals surface area (Å²) in [6, 6.07) is 2.08. The molecule has 0 radical (unpaired) electrons. The predicted molar refractivity (Wildman–Crippen MR) is 83.6 cm³/mol. The minimum absolute atomic E-state index is 0.695. The van der Waals surface area contributed by atoms with Gasteiger partial charge in [0.25, 0.3) is 0 Å². The van der Waals surface area contributed by atoms with Crippen LogP contribution in [0, 0.1) is 0 Å². The molecular weight excluding hydrogens is 268 g/mol. The summed E-state index contributed by atoms with van der Waals surface area (Å²) in [7, 11) is 9.22. The first-order valence-corrected chi connectivity index (χ1v) is 7.28. The normalized spacial score (nSPS) is 15.0. The smallest absolute Gasteiger partial charge is 0.203 e. The van der Waals surface area contributed by atoms with Crippen molar-refractivity contribution in [1.29, 1.82) is 0 Å². The van der Waals surface area contributed by atoms with Gasteiger partial charge in [0.05, 0.1) is 21.3 Å². The number of ether oxygens (including phenoxy) is 3. The van der Waals surface area contributed by atoms with Crippen LogP contribution in [0.2, 0.25) is 0 Å². The summed E-state index contributed by atoms with van der Waals surface area (Å²) in [6.45, 7) is 4.12. The van der Waals surface area contributed by atoms with E-state index in [0.717, 1.165) is 44.1 Å². The molecule has 5 nitrogen and oxygen atoms in total. The highest BCUT2D eigenvalue weighted by molar-refractivity contribution is 5.59. The summed E-state index contributed by atoms with van der Waals surface area (Å²) in [5, 5.41) is 0. The third-order valence-electron chi connectivity index (χ3n) is 3.96. The Kier molecular flexibility index (Phi) is 5.31.